The maximum Gasteiger partial charge on any atom is 0.0601 e. The molecule has 1 aromatic heterocycles. The van der Waals surface area contributed by atoms with Crippen molar-refractivity contribution in [1.82, 2.24) is 4.98 Å². The van der Waals surface area contributed by atoms with Crippen molar-refractivity contribution in [3.05, 3.63) is 34.4 Å². The third-order valence-corrected chi connectivity index (χ3v) is 3.04. The Bertz CT molecular complexity index is 443. The summed E-state index contributed by atoms with van der Waals surface area (Å²) in [7, 11) is 0. The van der Waals surface area contributed by atoms with Crippen LogP contribution in [0.5, 0.6) is 0 Å². The van der Waals surface area contributed by atoms with Crippen LogP contribution in [0, 0.1) is 5.92 Å². The van der Waals surface area contributed by atoms with E-state index in [1.165, 1.54) is 16.5 Å². The molecule has 0 aliphatic rings. The fraction of sp³-hybridized carbons (Fsp3) is 0.333. The molecule has 1 aromatic carbocycles. The van der Waals surface area contributed by atoms with E-state index >= 15 is 0 Å². The van der Waals surface area contributed by atoms with Crippen LogP contribution in [0.25, 0.3) is 10.9 Å². The van der Waals surface area contributed by atoms with Gasteiger partial charge in [-0.25, -0.2) is 0 Å². The summed E-state index contributed by atoms with van der Waals surface area (Å²) in [5.74, 6) is 0.702. The summed E-state index contributed by atoms with van der Waals surface area (Å²) in [6.45, 7) is 4.49. The average molecular weight is 252 g/mol. The summed E-state index contributed by atoms with van der Waals surface area (Å²) in [4.78, 5) is 3.31. The maximum absolute atomic E-state index is 3.55. The molecule has 1 nitrogen and oxygen atoms in total. The molecule has 0 aliphatic carbocycles. The Kier molecular flexibility index (Phi) is 2.64. The normalized spacial score (nSPS) is 11.4. The number of hydrogen-bond acceptors (Lipinski definition) is 0. The molecule has 0 radical (unpaired) electrons. The first-order valence-electron chi connectivity index (χ1n) is 4.93. The molecule has 2 aromatic rings. The van der Waals surface area contributed by atoms with Crippen molar-refractivity contribution >= 4 is 26.8 Å². The zero-order chi connectivity index (χ0) is 10.1. The van der Waals surface area contributed by atoms with Crippen LogP contribution in [0.15, 0.2) is 28.9 Å². The number of fused-ring (bicyclic) bond motifs is 1. The van der Waals surface area contributed by atoms with Crippen molar-refractivity contribution < 1.29 is 0 Å². The number of rotatable bonds is 2. The molecule has 74 valence electrons. The van der Waals surface area contributed by atoms with Gasteiger partial charge in [0, 0.05) is 16.1 Å². The molecule has 0 bridgehead atoms. The monoisotopic (exact) mass is 251 g/mol. The van der Waals surface area contributed by atoms with Gasteiger partial charge in [-0.05, 0) is 39.9 Å². The second kappa shape index (κ2) is 3.77. The second-order valence-corrected chi connectivity index (χ2v) is 4.93. The quantitative estimate of drug-likeness (QED) is 0.827. The van der Waals surface area contributed by atoms with Crippen LogP contribution in [-0.4, -0.2) is 4.98 Å². The number of halogens is 1. The molecule has 0 saturated carbocycles. The topological polar surface area (TPSA) is 15.8 Å². The highest BCUT2D eigenvalue weighted by Crippen LogP contribution is 2.26. The van der Waals surface area contributed by atoms with Gasteiger partial charge in [0.25, 0.3) is 0 Å². The summed E-state index contributed by atoms with van der Waals surface area (Å²) in [6, 6.07) is 6.33. The molecule has 0 amide bonds. The van der Waals surface area contributed by atoms with E-state index in [0.717, 1.165) is 10.9 Å². The first kappa shape index (κ1) is 9.78. The lowest BCUT2D eigenvalue weighted by Crippen LogP contribution is -1.91. The van der Waals surface area contributed by atoms with E-state index in [2.05, 4.69) is 59.2 Å². The van der Waals surface area contributed by atoms with E-state index in [1.54, 1.807) is 0 Å². The zero-order valence-electron chi connectivity index (χ0n) is 8.47. The van der Waals surface area contributed by atoms with Gasteiger partial charge in [-0.1, -0.05) is 26.0 Å². The highest BCUT2D eigenvalue weighted by molar-refractivity contribution is 9.10. The number of benzene rings is 1. The number of H-pyrrole nitrogens is 1. The molecule has 14 heavy (non-hydrogen) atoms. The number of para-hydroxylation sites is 1. The molecule has 0 atom stereocenters. The van der Waals surface area contributed by atoms with Gasteiger partial charge in [-0.15, -0.1) is 0 Å². The van der Waals surface area contributed by atoms with E-state index in [-0.39, 0.29) is 0 Å². The van der Waals surface area contributed by atoms with E-state index in [4.69, 9.17) is 0 Å². The molecular formula is C12H14BrN. The molecule has 2 heteroatoms. The predicted molar refractivity (Wildman–Crippen MR) is 64.5 cm³/mol. The summed E-state index contributed by atoms with van der Waals surface area (Å²) in [5.41, 5.74) is 2.62. The lowest BCUT2D eigenvalue weighted by atomic mass is 10.0. The van der Waals surface area contributed by atoms with Crippen molar-refractivity contribution in [3.8, 4) is 0 Å². The lowest BCUT2D eigenvalue weighted by Gasteiger charge is -2.02. The van der Waals surface area contributed by atoms with Crippen LogP contribution in [0.4, 0.5) is 0 Å². The van der Waals surface area contributed by atoms with Crippen LogP contribution < -0.4 is 0 Å². The fourth-order valence-corrected chi connectivity index (χ4v) is 2.26. The van der Waals surface area contributed by atoms with Crippen LogP contribution in [-0.2, 0) is 6.42 Å². The van der Waals surface area contributed by atoms with Gasteiger partial charge in [0.1, 0.15) is 0 Å². The Labute approximate surface area is 92.6 Å². The van der Waals surface area contributed by atoms with Crippen molar-refractivity contribution in [3.63, 3.8) is 0 Å². The van der Waals surface area contributed by atoms with Crippen LogP contribution in [0.3, 0.4) is 0 Å². The smallest absolute Gasteiger partial charge is 0.0601 e. The standard InChI is InChI=1S/C12H14BrN/c1-8(2)6-9-7-14-12-10(9)4-3-5-11(12)13/h3-5,7-8,14H,6H2,1-2H3. The minimum absolute atomic E-state index is 0.702. The van der Waals surface area contributed by atoms with Crippen molar-refractivity contribution in [2.24, 2.45) is 5.92 Å². The minimum Gasteiger partial charge on any atom is -0.360 e. The van der Waals surface area contributed by atoms with Crippen LogP contribution in [0.2, 0.25) is 0 Å². The summed E-state index contributed by atoms with van der Waals surface area (Å²) < 4.78 is 1.14. The molecule has 1 N–H and O–H groups in total. The Balaban J connectivity index is 2.52. The fourth-order valence-electron chi connectivity index (χ4n) is 1.78. The Morgan fingerprint density at radius 3 is 2.86 bits per heavy atom. The van der Waals surface area contributed by atoms with E-state index in [9.17, 15) is 0 Å². The van der Waals surface area contributed by atoms with Gasteiger partial charge in [0.05, 0.1) is 5.52 Å². The summed E-state index contributed by atoms with van der Waals surface area (Å²) >= 11 is 3.55. The third kappa shape index (κ3) is 1.71. The Morgan fingerprint density at radius 2 is 2.14 bits per heavy atom. The predicted octanol–water partition coefficient (Wildman–Crippen LogP) is 4.13. The molecule has 0 fully saturated rings. The SMILES string of the molecule is CC(C)Cc1c[nH]c2c(Br)cccc12. The highest BCUT2D eigenvalue weighted by Gasteiger charge is 2.06. The van der Waals surface area contributed by atoms with E-state index in [1.807, 2.05) is 0 Å². The third-order valence-electron chi connectivity index (χ3n) is 2.38. The van der Waals surface area contributed by atoms with Crippen molar-refractivity contribution in [2.75, 3.05) is 0 Å². The van der Waals surface area contributed by atoms with Crippen molar-refractivity contribution in [2.45, 2.75) is 20.3 Å². The zero-order valence-corrected chi connectivity index (χ0v) is 10.1. The van der Waals surface area contributed by atoms with Gasteiger partial charge in [-0.2, -0.15) is 0 Å². The molecule has 0 saturated heterocycles. The molecule has 0 aliphatic heterocycles. The maximum atomic E-state index is 3.55. The highest BCUT2D eigenvalue weighted by atomic mass is 79.9. The van der Waals surface area contributed by atoms with Crippen LogP contribution in [0.1, 0.15) is 19.4 Å². The van der Waals surface area contributed by atoms with Crippen molar-refractivity contribution in [1.29, 1.82) is 0 Å². The van der Waals surface area contributed by atoms with Gasteiger partial charge in [-0.3, -0.25) is 0 Å². The number of nitrogens with one attached hydrogen (secondary N) is 1. The second-order valence-electron chi connectivity index (χ2n) is 4.07. The average Bonchev–Trinajstić information content (AvgIpc) is 2.49. The van der Waals surface area contributed by atoms with Gasteiger partial charge >= 0.3 is 0 Å². The Hall–Kier alpha value is -0.760. The van der Waals surface area contributed by atoms with E-state index < -0.39 is 0 Å². The molecule has 0 unspecified atom stereocenters. The molecular weight excluding hydrogens is 238 g/mol. The Morgan fingerprint density at radius 1 is 1.36 bits per heavy atom. The summed E-state index contributed by atoms with van der Waals surface area (Å²) in [5, 5.41) is 1.34. The largest absolute Gasteiger partial charge is 0.360 e. The number of hydrogen-bond donors (Lipinski definition) is 1. The van der Waals surface area contributed by atoms with Gasteiger partial charge in [0.2, 0.25) is 0 Å². The first-order valence-corrected chi connectivity index (χ1v) is 5.72. The lowest BCUT2D eigenvalue weighted by molar-refractivity contribution is 0.650. The van der Waals surface area contributed by atoms with Gasteiger partial charge in [0.15, 0.2) is 0 Å². The van der Waals surface area contributed by atoms with Crippen LogP contribution >= 0.6 is 15.9 Å². The molecule has 1 heterocycles. The van der Waals surface area contributed by atoms with E-state index in [0.29, 0.717) is 5.92 Å². The minimum atomic E-state index is 0.702. The number of aromatic amines is 1. The first-order chi connectivity index (χ1) is 6.68. The van der Waals surface area contributed by atoms with Gasteiger partial charge < -0.3 is 4.98 Å². The number of aromatic nitrogens is 1. The molecule has 2 rings (SSSR count). The summed E-state index contributed by atoms with van der Waals surface area (Å²) in [6.07, 6.45) is 3.26. The molecule has 0 spiro atoms.